The maximum Gasteiger partial charge on any atom is 0.317 e. The molecule has 0 aromatic carbocycles. The quantitative estimate of drug-likeness (QED) is 0.740. The number of carbonyl (C=O) groups is 1. The van der Waals surface area contributed by atoms with E-state index in [0.717, 1.165) is 39.0 Å². The topological polar surface area (TPSA) is 41.6 Å². The van der Waals surface area contributed by atoms with Crippen LogP contribution >= 0.6 is 0 Å². The third-order valence-electron chi connectivity index (χ3n) is 3.44. The summed E-state index contributed by atoms with van der Waals surface area (Å²) in [7, 11) is 0. The van der Waals surface area contributed by atoms with Gasteiger partial charge in [0.05, 0.1) is 6.61 Å². The Morgan fingerprint density at radius 3 is 2.69 bits per heavy atom. The second-order valence-electron chi connectivity index (χ2n) is 4.74. The normalized spacial score (nSPS) is 23.9. The van der Waals surface area contributed by atoms with Crippen molar-refractivity contribution in [2.45, 2.75) is 44.6 Å². The third kappa shape index (κ3) is 3.37. The summed E-state index contributed by atoms with van der Waals surface area (Å²) < 4.78 is 5.34. The van der Waals surface area contributed by atoms with E-state index in [1.54, 1.807) is 0 Å². The van der Waals surface area contributed by atoms with Gasteiger partial charge in [-0.15, -0.1) is 0 Å². The molecule has 2 fully saturated rings. The molecule has 92 valence electrons. The fourth-order valence-corrected chi connectivity index (χ4v) is 2.46. The summed E-state index contributed by atoms with van der Waals surface area (Å²) in [6.45, 7) is 3.03. The van der Waals surface area contributed by atoms with Crippen molar-refractivity contribution in [1.29, 1.82) is 0 Å². The molecule has 2 aliphatic rings. The van der Waals surface area contributed by atoms with Gasteiger partial charge in [-0.2, -0.15) is 0 Å². The molecule has 1 aliphatic carbocycles. The van der Waals surface area contributed by atoms with Crippen molar-refractivity contribution in [1.82, 2.24) is 10.2 Å². The second-order valence-corrected chi connectivity index (χ2v) is 4.74. The predicted octanol–water partition coefficient (Wildman–Crippen LogP) is 1.75. The first-order chi connectivity index (χ1) is 7.86. The Hall–Kier alpha value is -0.770. The first-order valence-electron chi connectivity index (χ1n) is 6.49. The molecule has 1 heterocycles. The van der Waals surface area contributed by atoms with Gasteiger partial charge in [0.15, 0.2) is 0 Å². The van der Waals surface area contributed by atoms with Gasteiger partial charge in [-0.05, 0) is 19.3 Å². The molecule has 0 spiro atoms. The fraction of sp³-hybridized carbons (Fsp3) is 0.917. The summed E-state index contributed by atoms with van der Waals surface area (Å²) in [4.78, 5) is 13.9. The van der Waals surface area contributed by atoms with Crippen LogP contribution in [0.3, 0.4) is 0 Å². The highest BCUT2D eigenvalue weighted by Crippen LogP contribution is 2.17. The molecule has 1 saturated carbocycles. The smallest absolute Gasteiger partial charge is 0.317 e. The Kier molecular flexibility index (Phi) is 4.45. The lowest BCUT2D eigenvalue weighted by molar-refractivity contribution is 0.141. The number of hydrogen-bond acceptors (Lipinski definition) is 2. The molecule has 0 bridgehead atoms. The Labute approximate surface area is 97.3 Å². The average molecular weight is 226 g/mol. The molecule has 0 atom stereocenters. The molecular weight excluding hydrogens is 204 g/mol. The fourth-order valence-electron chi connectivity index (χ4n) is 2.46. The van der Waals surface area contributed by atoms with Crippen LogP contribution in [-0.2, 0) is 4.74 Å². The van der Waals surface area contributed by atoms with Crippen molar-refractivity contribution in [2.75, 3.05) is 26.3 Å². The standard InChI is InChI=1S/C12H22N2O2/c15-12(13-11-5-2-1-3-6-11)14-7-4-9-16-10-8-14/h11H,1-10H2,(H,13,15). The van der Waals surface area contributed by atoms with Crippen molar-refractivity contribution in [3.63, 3.8) is 0 Å². The maximum atomic E-state index is 12.0. The molecule has 2 rings (SSSR count). The van der Waals surface area contributed by atoms with Crippen LogP contribution in [0, 0.1) is 0 Å². The van der Waals surface area contributed by atoms with Gasteiger partial charge >= 0.3 is 6.03 Å². The molecule has 1 N–H and O–H groups in total. The van der Waals surface area contributed by atoms with Crippen LogP contribution in [0.5, 0.6) is 0 Å². The van der Waals surface area contributed by atoms with Gasteiger partial charge in [0.2, 0.25) is 0 Å². The molecule has 0 radical (unpaired) electrons. The number of ether oxygens (including phenoxy) is 1. The van der Waals surface area contributed by atoms with Gasteiger partial charge in [-0.3, -0.25) is 0 Å². The van der Waals surface area contributed by atoms with Crippen molar-refractivity contribution in [2.24, 2.45) is 0 Å². The zero-order valence-corrected chi connectivity index (χ0v) is 9.91. The molecule has 16 heavy (non-hydrogen) atoms. The van der Waals surface area contributed by atoms with Gasteiger partial charge in [0, 0.05) is 25.7 Å². The van der Waals surface area contributed by atoms with E-state index in [0.29, 0.717) is 12.6 Å². The SMILES string of the molecule is O=C(NC1CCCCC1)N1CCCOCC1. The number of urea groups is 1. The summed E-state index contributed by atoms with van der Waals surface area (Å²) >= 11 is 0. The lowest BCUT2D eigenvalue weighted by atomic mass is 9.96. The van der Waals surface area contributed by atoms with Crippen LogP contribution in [-0.4, -0.2) is 43.3 Å². The van der Waals surface area contributed by atoms with E-state index in [1.165, 1.54) is 19.3 Å². The molecule has 4 heteroatoms. The Morgan fingerprint density at radius 1 is 1.06 bits per heavy atom. The van der Waals surface area contributed by atoms with E-state index in [4.69, 9.17) is 4.74 Å². The van der Waals surface area contributed by atoms with Crippen LogP contribution in [0.25, 0.3) is 0 Å². The first-order valence-corrected chi connectivity index (χ1v) is 6.49. The summed E-state index contributed by atoms with van der Waals surface area (Å²) in [6, 6.07) is 0.517. The largest absolute Gasteiger partial charge is 0.380 e. The zero-order chi connectivity index (χ0) is 11.2. The predicted molar refractivity (Wildman–Crippen MR) is 62.4 cm³/mol. The van der Waals surface area contributed by atoms with E-state index >= 15 is 0 Å². The maximum absolute atomic E-state index is 12.0. The lowest BCUT2D eigenvalue weighted by Crippen LogP contribution is -2.46. The molecule has 1 saturated heterocycles. The first kappa shape index (κ1) is 11.7. The molecule has 2 amide bonds. The van der Waals surface area contributed by atoms with Crippen molar-refractivity contribution in [3.8, 4) is 0 Å². The van der Waals surface area contributed by atoms with Crippen LogP contribution < -0.4 is 5.32 Å². The van der Waals surface area contributed by atoms with Crippen LogP contribution in [0.2, 0.25) is 0 Å². The average Bonchev–Trinajstić information content (AvgIpc) is 2.59. The van der Waals surface area contributed by atoms with E-state index in [2.05, 4.69) is 5.32 Å². The zero-order valence-electron chi connectivity index (χ0n) is 9.91. The molecule has 4 nitrogen and oxygen atoms in total. The van der Waals surface area contributed by atoms with Crippen molar-refractivity contribution in [3.05, 3.63) is 0 Å². The number of nitrogens with zero attached hydrogens (tertiary/aromatic N) is 1. The molecular formula is C12H22N2O2. The lowest BCUT2D eigenvalue weighted by Gasteiger charge is -2.27. The van der Waals surface area contributed by atoms with E-state index in [9.17, 15) is 4.79 Å². The van der Waals surface area contributed by atoms with E-state index in [-0.39, 0.29) is 6.03 Å². The minimum atomic E-state index is 0.109. The van der Waals surface area contributed by atoms with Crippen molar-refractivity contribution < 1.29 is 9.53 Å². The summed E-state index contributed by atoms with van der Waals surface area (Å²) in [5, 5.41) is 3.15. The minimum absolute atomic E-state index is 0.109. The third-order valence-corrected chi connectivity index (χ3v) is 3.44. The number of carbonyl (C=O) groups excluding carboxylic acids is 1. The van der Waals surface area contributed by atoms with E-state index in [1.807, 2.05) is 4.90 Å². The van der Waals surface area contributed by atoms with Crippen LogP contribution in [0.4, 0.5) is 4.79 Å². The molecule has 0 aromatic rings. The Morgan fingerprint density at radius 2 is 1.88 bits per heavy atom. The van der Waals surface area contributed by atoms with E-state index < -0.39 is 0 Å². The van der Waals surface area contributed by atoms with Gasteiger partial charge in [-0.25, -0.2) is 4.79 Å². The van der Waals surface area contributed by atoms with Gasteiger partial charge in [-0.1, -0.05) is 19.3 Å². The van der Waals surface area contributed by atoms with Crippen molar-refractivity contribution >= 4 is 6.03 Å². The highest BCUT2D eigenvalue weighted by atomic mass is 16.5. The summed E-state index contributed by atoms with van der Waals surface area (Å²) in [5.41, 5.74) is 0. The Bertz CT molecular complexity index is 219. The Balaban J connectivity index is 1.76. The van der Waals surface area contributed by atoms with Gasteiger partial charge in [0.1, 0.15) is 0 Å². The van der Waals surface area contributed by atoms with Crippen LogP contribution in [0.1, 0.15) is 38.5 Å². The highest BCUT2D eigenvalue weighted by molar-refractivity contribution is 5.74. The summed E-state index contributed by atoms with van der Waals surface area (Å²) in [6.07, 6.45) is 7.09. The monoisotopic (exact) mass is 226 g/mol. The van der Waals surface area contributed by atoms with Gasteiger partial charge < -0.3 is 15.0 Å². The number of nitrogens with one attached hydrogen (secondary N) is 1. The second kappa shape index (κ2) is 6.09. The number of rotatable bonds is 1. The summed E-state index contributed by atoms with van der Waals surface area (Å²) in [5.74, 6) is 0. The highest BCUT2D eigenvalue weighted by Gasteiger charge is 2.20. The van der Waals surface area contributed by atoms with Gasteiger partial charge in [0.25, 0.3) is 0 Å². The number of amides is 2. The number of hydrogen-bond donors (Lipinski definition) is 1. The van der Waals surface area contributed by atoms with Crippen LogP contribution in [0.15, 0.2) is 0 Å². The molecule has 0 aromatic heterocycles. The molecule has 1 aliphatic heterocycles. The molecule has 0 unspecified atom stereocenters. The minimum Gasteiger partial charge on any atom is -0.380 e.